The van der Waals surface area contributed by atoms with Gasteiger partial charge in [-0.15, -0.1) is 0 Å². The van der Waals surface area contributed by atoms with Crippen LogP contribution in [0.15, 0.2) is 30.5 Å². The van der Waals surface area contributed by atoms with Crippen LogP contribution in [0.25, 0.3) is 11.3 Å². The molecule has 1 aromatic heterocycles. The summed E-state index contributed by atoms with van der Waals surface area (Å²) < 4.78 is 29.7. The van der Waals surface area contributed by atoms with Crippen LogP contribution in [0.3, 0.4) is 0 Å². The highest BCUT2D eigenvalue weighted by Gasteiger charge is 2.53. The number of aliphatic hydroxyl groups is 1. The third kappa shape index (κ3) is 5.66. The number of carbonyl (C=O) groups is 3. The molecule has 0 radical (unpaired) electrons. The van der Waals surface area contributed by atoms with Crippen molar-refractivity contribution in [2.24, 2.45) is 12.5 Å². The Labute approximate surface area is 214 Å². The number of hydrogen-bond acceptors (Lipinski definition) is 5. The molecule has 3 atom stereocenters. The molecule has 2 aromatic rings. The second-order valence-electron chi connectivity index (χ2n) is 11.0. The fraction of sp³-hybridized carbons (Fsp3) is 0.538. The van der Waals surface area contributed by atoms with Crippen molar-refractivity contribution in [1.29, 1.82) is 0 Å². The first-order valence-electron chi connectivity index (χ1n) is 12.3. The molecule has 37 heavy (non-hydrogen) atoms. The largest absolute Gasteiger partial charge is 0.391 e. The van der Waals surface area contributed by atoms with Crippen LogP contribution in [0.1, 0.15) is 45.6 Å². The van der Waals surface area contributed by atoms with Crippen LogP contribution in [0.5, 0.6) is 0 Å². The Morgan fingerprint density at radius 2 is 1.86 bits per heavy atom. The van der Waals surface area contributed by atoms with Crippen LogP contribution in [0.2, 0.25) is 0 Å². The minimum Gasteiger partial charge on any atom is -0.391 e. The van der Waals surface area contributed by atoms with Gasteiger partial charge in [-0.05, 0) is 23.8 Å². The van der Waals surface area contributed by atoms with Crippen molar-refractivity contribution in [2.75, 3.05) is 6.54 Å². The number of carbonyl (C=O) groups excluding carboxylic acids is 3. The second-order valence-corrected chi connectivity index (χ2v) is 11.0. The average molecular weight is 518 g/mol. The summed E-state index contributed by atoms with van der Waals surface area (Å²) in [5, 5.41) is 19.5. The number of amides is 3. The Balaban J connectivity index is 1.42. The second kappa shape index (κ2) is 9.85. The minimum atomic E-state index is -1.94. The van der Waals surface area contributed by atoms with Gasteiger partial charge in [-0.3, -0.25) is 19.1 Å². The number of rotatable bonds is 7. The molecule has 2 aliphatic rings. The molecule has 2 fully saturated rings. The molecule has 3 amide bonds. The lowest BCUT2D eigenvalue weighted by molar-refractivity contribution is -0.145. The summed E-state index contributed by atoms with van der Waals surface area (Å²) >= 11 is 0. The molecule has 0 bridgehead atoms. The molecule has 200 valence electrons. The van der Waals surface area contributed by atoms with Gasteiger partial charge in [-0.25, -0.2) is 8.78 Å². The maximum absolute atomic E-state index is 14.3. The van der Waals surface area contributed by atoms with Gasteiger partial charge in [0.25, 0.3) is 5.91 Å². The van der Waals surface area contributed by atoms with E-state index in [-0.39, 0.29) is 32.4 Å². The zero-order valence-corrected chi connectivity index (χ0v) is 21.4. The molecule has 1 saturated carbocycles. The van der Waals surface area contributed by atoms with Crippen molar-refractivity contribution >= 4 is 17.7 Å². The quantitative estimate of drug-likeness (QED) is 0.518. The Hall–Kier alpha value is -3.34. The van der Waals surface area contributed by atoms with Gasteiger partial charge in [0.15, 0.2) is 11.5 Å². The minimum absolute atomic E-state index is 0.0497. The maximum Gasteiger partial charge on any atom is 0.258 e. The van der Waals surface area contributed by atoms with Crippen molar-refractivity contribution in [2.45, 2.75) is 70.4 Å². The van der Waals surface area contributed by atoms with Gasteiger partial charge in [0.05, 0.1) is 12.3 Å². The summed E-state index contributed by atoms with van der Waals surface area (Å²) in [5.41, 5.74) is -0.941. The number of aliphatic hydroxyl groups excluding tert-OH is 1. The molecule has 3 unspecified atom stereocenters. The fourth-order valence-electron chi connectivity index (χ4n) is 4.54. The lowest BCUT2D eigenvalue weighted by Gasteiger charge is -2.35. The molecule has 1 aliphatic heterocycles. The SMILES string of the molecule is Cn1ncc(F)c1-c1ccc(CNC(=O)C2CC(O)CN2C(=O)C(NC(=O)C2(F)CC2)C(C)(C)C)cc1. The summed E-state index contributed by atoms with van der Waals surface area (Å²) in [6.45, 7) is 5.33. The summed E-state index contributed by atoms with van der Waals surface area (Å²) in [7, 11) is 1.65. The number of nitrogens with one attached hydrogen (secondary N) is 2. The van der Waals surface area contributed by atoms with E-state index in [9.17, 15) is 28.3 Å². The van der Waals surface area contributed by atoms with Gasteiger partial charge in [0.1, 0.15) is 17.8 Å². The number of hydrogen-bond donors (Lipinski definition) is 3. The van der Waals surface area contributed by atoms with Crippen LogP contribution < -0.4 is 10.6 Å². The lowest BCUT2D eigenvalue weighted by Crippen LogP contribution is -2.59. The normalized spacial score (nSPS) is 21.4. The molecule has 9 nitrogen and oxygen atoms in total. The van der Waals surface area contributed by atoms with Gasteiger partial charge < -0.3 is 20.6 Å². The van der Waals surface area contributed by atoms with E-state index in [1.807, 2.05) is 0 Å². The summed E-state index contributed by atoms with van der Waals surface area (Å²) in [4.78, 5) is 40.2. The van der Waals surface area contributed by atoms with E-state index in [4.69, 9.17) is 0 Å². The molecule has 1 aliphatic carbocycles. The predicted octanol–water partition coefficient (Wildman–Crippen LogP) is 1.84. The monoisotopic (exact) mass is 517 g/mol. The highest BCUT2D eigenvalue weighted by atomic mass is 19.1. The van der Waals surface area contributed by atoms with Crippen molar-refractivity contribution in [3.8, 4) is 11.3 Å². The first-order valence-corrected chi connectivity index (χ1v) is 12.3. The maximum atomic E-state index is 14.3. The van der Waals surface area contributed by atoms with Gasteiger partial charge in [-0.2, -0.15) is 5.10 Å². The Morgan fingerprint density at radius 1 is 1.22 bits per heavy atom. The highest BCUT2D eigenvalue weighted by Crippen LogP contribution is 2.40. The number of aromatic nitrogens is 2. The zero-order chi connectivity index (χ0) is 27.1. The molecule has 1 aromatic carbocycles. The highest BCUT2D eigenvalue weighted by molar-refractivity contribution is 5.95. The van der Waals surface area contributed by atoms with Gasteiger partial charge >= 0.3 is 0 Å². The van der Waals surface area contributed by atoms with E-state index in [0.29, 0.717) is 11.3 Å². The fourth-order valence-corrected chi connectivity index (χ4v) is 4.54. The number of benzene rings is 1. The van der Waals surface area contributed by atoms with E-state index in [0.717, 1.165) is 11.8 Å². The molecule has 3 N–H and O–H groups in total. The standard InChI is InChI=1S/C26H33F2N5O4/c1-25(2,3)21(31-24(37)26(28)9-10-26)23(36)33-14-17(34)11-19(33)22(35)29-12-15-5-7-16(8-6-15)20-18(27)13-30-32(20)4/h5-8,13,17,19,21,34H,9-12,14H2,1-4H3,(H,29,35)(H,31,37). The molecule has 11 heteroatoms. The van der Waals surface area contributed by atoms with E-state index in [1.54, 1.807) is 52.1 Å². The van der Waals surface area contributed by atoms with Gasteiger partial charge in [-0.1, -0.05) is 45.0 Å². The Morgan fingerprint density at radius 3 is 2.41 bits per heavy atom. The predicted molar refractivity (Wildman–Crippen MR) is 131 cm³/mol. The van der Waals surface area contributed by atoms with Crippen LogP contribution in [0.4, 0.5) is 8.78 Å². The lowest BCUT2D eigenvalue weighted by atomic mass is 9.85. The van der Waals surface area contributed by atoms with Crippen LogP contribution in [0, 0.1) is 11.2 Å². The first-order chi connectivity index (χ1) is 17.3. The number of nitrogens with zero attached hydrogens (tertiary/aromatic N) is 3. The van der Waals surface area contributed by atoms with Crippen LogP contribution in [-0.4, -0.2) is 67.9 Å². The number of alkyl halides is 1. The molecule has 4 rings (SSSR count). The Kier molecular flexibility index (Phi) is 7.11. The molecular formula is C26H33F2N5O4. The smallest absolute Gasteiger partial charge is 0.258 e. The van der Waals surface area contributed by atoms with E-state index in [2.05, 4.69) is 15.7 Å². The van der Waals surface area contributed by atoms with Crippen LogP contribution in [-0.2, 0) is 28.0 Å². The molecule has 0 spiro atoms. The van der Waals surface area contributed by atoms with E-state index < -0.39 is 52.8 Å². The van der Waals surface area contributed by atoms with Crippen molar-refractivity contribution < 1.29 is 28.3 Å². The number of aryl methyl sites for hydroxylation is 1. The van der Waals surface area contributed by atoms with E-state index >= 15 is 0 Å². The summed E-state index contributed by atoms with van der Waals surface area (Å²) in [6, 6.07) is 4.96. The third-order valence-corrected chi connectivity index (χ3v) is 6.94. The Bertz CT molecular complexity index is 1170. The molecular weight excluding hydrogens is 484 g/mol. The topological polar surface area (TPSA) is 117 Å². The summed E-state index contributed by atoms with van der Waals surface area (Å²) in [5.74, 6) is -2.24. The number of halogens is 2. The van der Waals surface area contributed by atoms with Gasteiger partial charge in [0, 0.05) is 32.1 Å². The van der Waals surface area contributed by atoms with Crippen molar-refractivity contribution in [1.82, 2.24) is 25.3 Å². The van der Waals surface area contributed by atoms with Crippen molar-refractivity contribution in [3.63, 3.8) is 0 Å². The first kappa shape index (κ1) is 26.7. The molecule has 2 heterocycles. The third-order valence-electron chi connectivity index (χ3n) is 6.94. The summed E-state index contributed by atoms with van der Waals surface area (Å²) in [6.07, 6.45) is 0.530. The number of β-amino-alcohol motifs (C(OH)–C–C–N with tert-alkyl or cyclic N) is 1. The molecule has 1 saturated heterocycles. The van der Waals surface area contributed by atoms with Crippen LogP contribution >= 0.6 is 0 Å². The van der Waals surface area contributed by atoms with Crippen molar-refractivity contribution in [3.05, 3.63) is 41.8 Å². The zero-order valence-electron chi connectivity index (χ0n) is 21.4. The number of likely N-dealkylation sites (tertiary alicyclic amines) is 1. The van der Waals surface area contributed by atoms with Gasteiger partial charge in [0.2, 0.25) is 11.8 Å². The average Bonchev–Trinajstić information content (AvgIpc) is 3.33. The van der Waals surface area contributed by atoms with E-state index in [1.165, 1.54) is 9.58 Å².